The largest absolute Gasteiger partial charge is 0.368 e. The standard InChI is InChI=1S/C13H18N4/c1-10(17(2)12-3-4-12)9-16-13-7-11(8-14)5-6-15-13/h5-7,10,12H,3-4,9H2,1-2H3,(H,15,16). The lowest BCUT2D eigenvalue weighted by molar-refractivity contribution is 0.257. The van der Waals surface area contributed by atoms with Crippen molar-refractivity contribution in [2.75, 3.05) is 18.9 Å². The van der Waals surface area contributed by atoms with Crippen LogP contribution in [0.4, 0.5) is 5.82 Å². The average molecular weight is 230 g/mol. The summed E-state index contributed by atoms with van der Waals surface area (Å²) in [5, 5.41) is 12.1. The third kappa shape index (κ3) is 3.18. The van der Waals surface area contributed by atoms with Gasteiger partial charge in [-0.2, -0.15) is 5.26 Å². The Balaban J connectivity index is 1.86. The van der Waals surface area contributed by atoms with E-state index in [-0.39, 0.29) is 0 Å². The highest BCUT2D eigenvalue weighted by Crippen LogP contribution is 2.26. The first-order valence-electron chi connectivity index (χ1n) is 6.02. The fourth-order valence-electron chi connectivity index (χ4n) is 1.83. The molecule has 0 saturated heterocycles. The third-order valence-electron chi connectivity index (χ3n) is 3.29. The second kappa shape index (κ2) is 5.15. The van der Waals surface area contributed by atoms with Crippen molar-refractivity contribution < 1.29 is 0 Å². The lowest BCUT2D eigenvalue weighted by Gasteiger charge is -2.24. The minimum atomic E-state index is 0.482. The van der Waals surface area contributed by atoms with Gasteiger partial charge >= 0.3 is 0 Å². The van der Waals surface area contributed by atoms with E-state index in [1.807, 2.05) is 0 Å². The highest BCUT2D eigenvalue weighted by molar-refractivity contribution is 5.42. The van der Waals surface area contributed by atoms with Gasteiger partial charge in [0.15, 0.2) is 0 Å². The summed E-state index contributed by atoms with van der Waals surface area (Å²) >= 11 is 0. The van der Waals surface area contributed by atoms with E-state index < -0.39 is 0 Å². The summed E-state index contributed by atoms with van der Waals surface area (Å²) in [6.45, 7) is 3.06. The fraction of sp³-hybridized carbons (Fsp3) is 0.538. The first-order valence-corrected chi connectivity index (χ1v) is 6.02. The molecular weight excluding hydrogens is 212 g/mol. The number of hydrogen-bond acceptors (Lipinski definition) is 4. The number of pyridine rings is 1. The van der Waals surface area contributed by atoms with E-state index in [0.717, 1.165) is 18.4 Å². The summed E-state index contributed by atoms with van der Waals surface area (Å²) in [5.41, 5.74) is 0.644. The molecule has 4 heteroatoms. The second-order valence-corrected chi connectivity index (χ2v) is 4.67. The van der Waals surface area contributed by atoms with Crippen molar-refractivity contribution in [3.05, 3.63) is 23.9 Å². The van der Waals surface area contributed by atoms with Gasteiger partial charge in [-0.05, 0) is 38.9 Å². The molecule has 0 radical (unpaired) electrons. The Morgan fingerprint density at radius 1 is 1.65 bits per heavy atom. The van der Waals surface area contributed by atoms with E-state index in [1.165, 1.54) is 12.8 Å². The van der Waals surface area contributed by atoms with Crippen LogP contribution in [0.25, 0.3) is 0 Å². The maximum Gasteiger partial charge on any atom is 0.127 e. The summed E-state index contributed by atoms with van der Waals surface area (Å²) in [6.07, 6.45) is 4.31. The SMILES string of the molecule is CC(CNc1cc(C#N)ccn1)N(C)C1CC1. The van der Waals surface area contributed by atoms with Gasteiger partial charge in [-0.1, -0.05) is 0 Å². The van der Waals surface area contributed by atoms with Crippen LogP contribution >= 0.6 is 0 Å². The zero-order valence-electron chi connectivity index (χ0n) is 10.3. The molecule has 1 aliphatic rings. The average Bonchev–Trinajstić information content (AvgIpc) is 3.19. The maximum absolute atomic E-state index is 8.79. The van der Waals surface area contributed by atoms with E-state index in [1.54, 1.807) is 18.3 Å². The van der Waals surface area contributed by atoms with Crippen LogP contribution in [0.1, 0.15) is 25.3 Å². The molecule has 1 atom stereocenters. The van der Waals surface area contributed by atoms with Crippen LogP contribution in [0.15, 0.2) is 18.3 Å². The van der Waals surface area contributed by atoms with E-state index in [9.17, 15) is 0 Å². The number of hydrogen-bond donors (Lipinski definition) is 1. The van der Waals surface area contributed by atoms with E-state index in [0.29, 0.717) is 11.6 Å². The number of aromatic nitrogens is 1. The Labute approximate surface area is 102 Å². The smallest absolute Gasteiger partial charge is 0.127 e. The van der Waals surface area contributed by atoms with Crippen molar-refractivity contribution in [1.29, 1.82) is 5.26 Å². The number of rotatable bonds is 5. The molecule has 1 heterocycles. The number of nitrogens with one attached hydrogen (secondary N) is 1. The molecule has 90 valence electrons. The van der Waals surface area contributed by atoms with E-state index >= 15 is 0 Å². The van der Waals surface area contributed by atoms with Crippen molar-refractivity contribution in [3.8, 4) is 6.07 Å². The van der Waals surface area contributed by atoms with E-state index in [2.05, 4.69) is 35.2 Å². The minimum absolute atomic E-state index is 0.482. The summed E-state index contributed by atoms with van der Waals surface area (Å²) in [4.78, 5) is 6.60. The van der Waals surface area contributed by atoms with Gasteiger partial charge in [-0.3, -0.25) is 4.90 Å². The van der Waals surface area contributed by atoms with Gasteiger partial charge in [0.25, 0.3) is 0 Å². The predicted octanol–water partition coefficient (Wildman–Crippen LogP) is 1.85. The Bertz CT molecular complexity index is 420. The molecule has 1 N–H and O–H groups in total. The van der Waals surface area contributed by atoms with Crippen molar-refractivity contribution in [1.82, 2.24) is 9.88 Å². The van der Waals surface area contributed by atoms with Gasteiger partial charge in [-0.15, -0.1) is 0 Å². The van der Waals surface area contributed by atoms with Gasteiger partial charge in [0.05, 0.1) is 11.6 Å². The zero-order valence-corrected chi connectivity index (χ0v) is 10.3. The number of nitrogens with zero attached hydrogens (tertiary/aromatic N) is 3. The summed E-state index contributed by atoms with van der Waals surface area (Å²) < 4.78 is 0. The second-order valence-electron chi connectivity index (χ2n) is 4.67. The van der Waals surface area contributed by atoms with Crippen LogP contribution in [0.3, 0.4) is 0 Å². The Hall–Kier alpha value is -1.60. The van der Waals surface area contributed by atoms with Gasteiger partial charge in [0.2, 0.25) is 0 Å². The topological polar surface area (TPSA) is 52.0 Å². The molecule has 0 aromatic carbocycles. The highest BCUT2D eigenvalue weighted by Gasteiger charge is 2.28. The first kappa shape index (κ1) is 11.9. The summed E-state index contributed by atoms with van der Waals surface area (Å²) in [7, 11) is 2.17. The number of likely N-dealkylation sites (N-methyl/N-ethyl adjacent to an activating group) is 1. The summed E-state index contributed by atoms with van der Waals surface area (Å²) in [6, 6.07) is 6.86. The van der Waals surface area contributed by atoms with Crippen LogP contribution in [-0.4, -0.2) is 35.6 Å². The molecule has 1 aromatic rings. The molecule has 0 spiro atoms. The van der Waals surface area contributed by atoms with Crippen molar-refractivity contribution in [2.24, 2.45) is 0 Å². The molecule has 17 heavy (non-hydrogen) atoms. The molecule has 4 nitrogen and oxygen atoms in total. The molecular formula is C13H18N4. The normalized spacial score (nSPS) is 16.6. The molecule has 1 fully saturated rings. The molecule has 0 amide bonds. The number of anilines is 1. The molecule has 0 aliphatic heterocycles. The lowest BCUT2D eigenvalue weighted by atomic mass is 10.2. The first-order chi connectivity index (χ1) is 8.20. The van der Waals surface area contributed by atoms with Gasteiger partial charge in [0, 0.05) is 24.8 Å². The molecule has 1 saturated carbocycles. The lowest BCUT2D eigenvalue weighted by Crippen LogP contribution is -2.36. The number of nitriles is 1. The Morgan fingerprint density at radius 2 is 2.41 bits per heavy atom. The van der Waals surface area contributed by atoms with Crippen LogP contribution in [-0.2, 0) is 0 Å². The predicted molar refractivity (Wildman–Crippen MR) is 67.7 cm³/mol. The minimum Gasteiger partial charge on any atom is -0.368 e. The van der Waals surface area contributed by atoms with Crippen LogP contribution < -0.4 is 5.32 Å². The summed E-state index contributed by atoms with van der Waals surface area (Å²) in [5.74, 6) is 0.778. The van der Waals surface area contributed by atoms with Crippen molar-refractivity contribution in [2.45, 2.75) is 31.8 Å². The molecule has 1 unspecified atom stereocenters. The van der Waals surface area contributed by atoms with Gasteiger partial charge in [-0.25, -0.2) is 4.98 Å². The van der Waals surface area contributed by atoms with Gasteiger partial charge in [0.1, 0.15) is 5.82 Å². The highest BCUT2D eigenvalue weighted by atomic mass is 15.2. The fourth-order valence-corrected chi connectivity index (χ4v) is 1.83. The molecule has 1 aromatic heterocycles. The van der Waals surface area contributed by atoms with E-state index in [4.69, 9.17) is 5.26 Å². The van der Waals surface area contributed by atoms with Crippen molar-refractivity contribution in [3.63, 3.8) is 0 Å². The quantitative estimate of drug-likeness (QED) is 0.838. The van der Waals surface area contributed by atoms with Crippen LogP contribution in [0, 0.1) is 11.3 Å². The van der Waals surface area contributed by atoms with Crippen molar-refractivity contribution >= 4 is 5.82 Å². The molecule has 2 rings (SSSR count). The zero-order chi connectivity index (χ0) is 12.3. The van der Waals surface area contributed by atoms with Crippen LogP contribution in [0.5, 0.6) is 0 Å². The third-order valence-corrected chi connectivity index (χ3v) is 3.29. The maximum atomic E-state index is 8.79. The Morgan fingerprint density at radius 3 is 3.06 bits per heavy atom. The van der Waals surface area contributed by atoms with Crippen LogP contribution in [0.2, 0.25) is 0 Å². The molecule has 1 aliphatic carbocycles. The molecule has 0 bridgehead atoms. The monoisotopic (exact) mass is 230 g/mol. The Kier molecular flexibility index (Phi) is 3.60. The van der Waals surface area contributed by atoms with Gasteiger partial charge < -0.3 is 5.32 Å².